The van der Waals surface area contributed by atoms with E-state index in [-0.39, 0.29) is 12.1 Å². The highest BCUT2D eigenvalue weighted by molar-refractivity contribution is 4.96. The van der Waals surface area contributed by atoms with E-state index in [0.717, 1.165) is 6.42 Å². The molecule has 1 unspecified atom stereocenters. The van der Waals surface area contributed by atoms with E-state index in [4.69, 9.17) is 16.3 Å². The van der Waals surface area contributed by atoms with Crippen LogP contribution in [0.1, 0.15) is 6.42 Å². The first-order chi connectivity index (χ1) is 5.33. The lowest BCUT2D eigenvalue weighted by molar-refractivity contribution is 0.124. The quantitative estimate of drug-likeness (QED) is 0.533. The van der Waals surface area contributed by atoms with E-state index in [0.29, 0.717) is 19.8 Å². The van der Waals surface area contributed by atoms with E-state index < -0.39 is 0 Å². The summed E-state index contributed by atoms with van der Waals surface area (Å²) >= 11 is 0. The summed E-state index contributed by atoms with van der Waals surface area (Å²) in [4.78, 5) is 0. The third-order valence-electron chi connectivity index (χ3n) is 1.97. The van der Waals surface area contributed by atoms with Gasteiger partial charge in [-0.1, -0.05) is 5.92 Å². The number of rotatable bonds is 3. The zero-order valence-corrected chi connectivity index (χ0v) is 6.47. The van der Waals surface area contributed by atoms with Crippen LogP contribution in [0.15, 0.2) is 0 Å². The van der Waals surface area contributed by atoms with Crippen molar-refractivity contribution in [3.63, 3.8) is 0 Å². The van der Waals surface area contributed by atoms with Crippen LogP contribution in [0.5, 0.6) is 0 Å². The average Bonchev–Trinajstić information content (AvgIpc) is 2.50. The van der Waals surface area contributed by atoms with Crippen molar-refractivity contribution in [1.82, 2.24) is 5.32 Å². The second kappa shape index (κ2) is 3.72. The molecule has 1 fully saturated rings. The van der Waals surface area contributed by atoms with E-state index in [1.807, 2.05) is 0 Å². The van der Waals surface area contributed by atoms with Gasteiger partial charge >= 0.3 is 0 Å². The normalized spacial score (nSPS) is 30.2. The highest BCUT2D eigenvalue weighted by atomic mass is 16.5. The van der Waals surface area contributed by atoms with Gasteiger partial charge in [0.15, 0.2) is 0 Å². The summed E-state index contributed by atoms with van der Waals surface area (Å²) < 4.78 is 5.16. The first-order valence-corrected chi connectivity index (χ1v) is 3.70. The Morgan fingerprint density at radius 2 is 2.55 bits per heavy atom. The zero-order valence-electron chi connectivity index (χ0n) is 6.47. The van der Waals surface area contributed by atoms with Crippen LogP contribution in [0.2, 0.25) is 0 Å². The summed E-state index contributed by atoms with van der Waals surface area (Å²) in [6.07, 6.45) is 5.92. The molecule has 62 valence electrons. The number of aliphatic hydroxyl groups is 1. The molecule has 1 saturated heterocycles. The Bertz CT molecular complexity index is 156. The van der Waals surface area contributed by atoms with E-state index in [9.17, 15) is 0 Å². The van der Waals surface area contributed by atoms with Crippen LogP contribution in [0, 0.1) is 12.3 Å². The van der Waals surface area contributed by atoms with Gasteiger partial charge < -0.3 is 9.84 Å². The molecule has 1 aliphatic rings. The average molecular weight is 155 g/mol. The number of hydrogen-bond donors (Lipinski definition) is 2. The topological polar surface area (TPSA) is 41.5 Å². The molecule has 0 aromatic heterocycles. The number of nitrogens with one attached hydrogen (secondary N) is 1. The molecule has 0 aliphatic carbocycles. The van der Waals surface area contributed by atoms with Gasteiger partial charge in [-0.15, -0.1) is 6.42 Å². The predicted octanol–water partition coefficient (Wildman–Crippen LogP) is -0.639. The number of hydrogen-bond acceptors (Lipinski definition) is 3. The van der Waals surface area contributed by atoms with Gasteiger partial charge in [0, 0.05) is 6.61 Å². The van der Waals surface area contributed by atoms with Gasteiger partial charge in [-0.3, -0.25) is 5.32 Å². The highest BCUT2D eigenvalue weighted by Crippen LogP contribution is 2.16. The lowest BCUT2D eigenvalue weighted by Crippen LogP contribution is -2.49. The van der Waals surface area contributed by atoms with Gasteiger partial charge in [-0.25, -0.2) is 0 Å². The molecular weight excluding hydrogens is 142 g/mol. The van der Waals surface area contributed by atoms with E-state index in [2.05, 4.69) is 11.2 Å². The van der Waals surface area contributed by atoms with Crippen molar-refractivity contribution in [2.75, 3.05) is 26.4 Å². The Kier molecular flexibility index (Phi) is 2.89. The molecule has 3 heteroatoms. The lowest BCUT2D eigenvalue weighted by atomic mass is 10.0. The summed E-state index contributed by atoms with van der Waals surface area (Å²) in [5.74, 6) is 2.48. The maximum Gasteiger partial charge on any atom is 0.0680 e. The smallest absolute Gasteiger partial charge is 0.0680 e. The largest absolute Gasteiger partial charge is 0.394 e. The Hall–Kier alpha value is -0.560. The molecule has 2 N–H and O–H groups in total. The molecule has 1 heterocycles. The summed E-state index contributed by atoms with van der Waals surface area (Å²) in [6, 6.07) is 0. The van der Waals surface area contributed by atoms with Crippen molar-refractivity contribution in [2.45, 2.75) is 12.0 Å². The minimum Gasteiger partial charge on any atom is -0.394 e. The van der Waals surface area contributed by atoms with Crippen LogP contribution in [0.25, 0.3) is 0 Å². The van der Waals surface area contributed by atoms with Crippen LogP contribution in [-0.4, -0.2) is 37.0 Å². The highest BCUT2D eigenvalue weighted by Gasteiger charge is 2.33. The number of ether oxygens (including phenoxy) is 1. The Morgan fingerprint density at radius 3 is 3.00 bits per heavy atom. The van der Waals surface area contributed by atoms with Gasteiger partial charge in [0.25, 0.3) is 0 Å². The maximum atomic E-state index is 9.03. The van der Waals surface area contributed by atoms with E-state index in [1.54, 1.807) is 0 Å². The zero-order chi connectivity index (χ0) is 8.16. The maximum absolute atomic E-state index is 9.03. The Balaban J connectivity index is 2.40. The fraction of sp³-hybridized carbons (Fsp3) is 0.750. The lowest BCUT2D eigenvalue weighted by Gasteiger charge is -2.24. The third-order valence-corrected chi connectivity index (χ3v) is 1.97. The van der Waals surface area contributed by atoms with Crippen molar-refractivity contribution in [3.8, 4) is 12.3 Å². The molecule has 3 nitrogen and oxygen atoms in total. The molecule has 1 atom stereocenters. The van der Waals surface area contributed by atoms with Crippen LogP contribution in [0.4, 0.5) is 0 Å². The molecular formula is C8H13NO2. The second-order valence-electron chi connectivity index (χ2n) is 2.80. The molecule has 0 saturated carbocycles. The Labute approximate surface area is 66.7 Å². The second-order valence-corrected chi connectivity index (χ2v) is 2.80. The van der Waals surface area contributed by atoms with Crippen LogP contribution < -0.4 is 5.32 Å². The standard InChI is InChI=1S/C8H13NO2/c1-2-4-9-8(6-10)3-5-11-7-8/h1,9-10H,3-7H2. The van der Waals surface area contributed by atoms with Crippen molar-refractivity contribution in [1.29, 1.82) is 0 Å². The molecule has 0 spiro atoms. The molecule has 0 amide bonds. The molecule has 1 aliphatic heterocycles. The third kappa shape index (κ3) is 1.93. The SMILES string of the molecule is C#CCNC1(CO)CCOC1. The number of aliphatic hydroxyl groups excluding tert-OH is 1. The van der Waals surface area contributed by atoms with Gasteiger partial charge in [0.05, 0.1) is 25.3 Å². The van der Waals surface area contributed by atoms with Gasteiger partial charge in [0.2, 0.25) is 0 Å². The first-order valence-electron chi connectivity index (χ1n) is 3.70. The number of terminal acetylenes is 1. The van der Waals surface area contributed by atoms with Crippen molar-refractivity contribution >= 4 is 0 Å². The van der Waals surface area contributed by atoms with Crippen LogP contribution >= 0.6 is 0 Å². The summed E-state index contributed by atoms with van der Waals surface area (Å²) in [7, 11) is 0. The molecule has 0 aromatic rings. The van der Waals surface area contributed by atoms with Crippen molar-refractivity contribution in [3.05, 3.63) is 0 Å². The summed E-state index contributed by atoms with van der Waals surface area (Å²) in [5.41, 5.74) is -0.271. The molecule has 11 heavy (non-hydrogen) atoms. The minimum atomic E-state index is -0.271. The summed E-state index contributed by atoms with van der Waals surface area (Å²) in [5, 5.41) is 12.1. The predicted molar refractivity (Wildman–Crippen MR) is 42.1 cm³/mol. The first kappa shape index (κ1) is 8.54. The molecule has 0 aromatic carbocycles. The molecule has 1 rings (SSSR count). The monoisotopic (exact) mass is 155 g/mol. The van der Waals surface area contributed by atoms with Crippen LogP contribution in [-0.2, 0) is 4.74 Å². The van der Waals surface area contributed by atoms with Crippen molar-refractivity contribution < 1.29 is 9.84 Å². The fourth-order valence-corrected chi connectivity index (χ4v) is 1.17. The molecule has 0 radical (unpaired) electrons. The van der Waals surface area contributed by atoms with Crippen molar-refractivity contribution in [2.24, 2.45) is 0 Å². The fourth-order valence-electron chi connectivity index (χ4n) is 1.17. The van der Waals surface area contributed by atoms with Gasteiger partial charge in [-0.05, 0) is 6.42 Å². The molecule has 0 bridgehead atoms. The van der Waals surface area contributed by atoms with Crippen LogP contribution in [0.3, 0.4) is 0 Å². The Morgan fingerprint density at radius 1 is 1.73 bits per heavy atom. The van der Waals surface area contributed by atoms with E-state index >= 15 is 0 Å². The van der Waals surface area contributed by atoms with Gasteiger partial charge in [-0.2, -0.15) is 0 Å². The summed E-state index contributed by atoms with van der Waals surface area (Å²) in [6.45, 7) is 1.85. The minimum absolute atomic E-state index is 0.0919. The van der Waals surface area contributed by atoms with Gasteiger partial charge in [0.1, 0.15) is 0 Å². The van der Waals surface area contributed by atoms with E-state index in [1.165, 1.54) is 0 Å².